The molecule has 0 fully saturated rings. The Labute approximate surface area is 77.5 Å². The molecule has 0 unspecified atom stereocenters. The molecule has 0 N–H and O–H groups in total. The molecule has 0 aliphatic rings. The van der Waals surface area contributed by atoms with Crippen LogP contribution in [-0.2, 0) is 16.1 Å². The first kappa shape index (κ1) is 9.77. The van der Waals surface area contributed by atoms with E-state index in [2.05, 4.69) is 5.10 Å². The van der Waals surface area contributed by atoms with Gasteiger partial charge in [-0.25, -0.2) is 0 Å². The molecule has 0 saturated heterocycles. The number of aromatic nitrogens is 2. The molecule has 72 valence electrons. The van der Waals surface area contributed by atoms with Crippen molar-refractivity contribution in [1.29, 1.82) is 0 Å². The lowest BCUT2D eigenvalue weighted by Crippen LogP contribution is -2.26. The first-order valence-electron chi connectivity index (χ1n) is 4.17. The van der Waals surface area contributed by atoms with Gasteiger partial charge in [0.2, 0.25) is 0 Å². The van der Waals surface area contributed by atoms with Crippen LogP contribution in [0.5, 0.6) is 0 Å². The quantitative estimate of drug-likeness (QED) is 0.646. The summed E-state index contributed by atoms with van der Waals surface area (Å²) < 4.78 is 6.65. The molecule has 0 atom stereocenters. The highest BCUT2D eigenvalue weighted by Crippen LogP contribution is 2.07. The van der Waals surface area contributed by atoms with Crippen LogP contribution in [0.4, 0.5) is 0 Å². The first-order valence-corrected chi connectivity index (χ1v) is 4.17. The Kier molecular flexibility index (Phi) is 2.70. The number of carbonyl (C=O) groups is 1. The van der Waals surface area contributed by atoms with Gasteiger partial charge in [0.25, 0.3) is 0 Å². The van der Waals surface area contributed by atoms with Crippen molar-refractivity contribution in [2.75, 3.05) is 0 Å². The van der Waals surface area contributed by atoms with E-state index in [1.54, 1.807) is 18.5 Å². The van der Waals surface area contributed by atoms with Crippen molar-refractivity contribution in [2.24, 2.45) is 0 Å². The van der Waals surface area contributed by atoms with Gasteiger partial charge < -0.3 is 4.74 Å². The topological polar surface area (TPSA) is 44.1 Å². The fourth-order valence-corrected chi connectivity index (χ4v) is 0.900. The molecule has 0 radical (unpaired) electrons. The number of hydrogen-bond donors (Lipinski definition) is 0. The van der Waals surface area contributed by atoms with Crippen LogP contribution >= 0.6 is 0 Å². The zero-order valence-electron chi connectivity index (χ0n) is 8.15. The molecular weight excluding hydrogens is 168 g/mol. The van der Waals surface area contributed by atoms with Crippen LogP contribution in [0.15, 0.2) is 18.5 Å². The summed E-state index contributed by atoms with van der Waals surface area (Å²) in [6.07, 6.45) is 3.36. The van der Waals surface area contributed by atoms with Crippen LogP contribution < -0.4 is 0 Å². The Morgan fingerprint density at radius 2 is 2.23 bits per heavy atom. The van der Waals surface area contributed by atoms with E-state index in [9.17, 15) is 4.79 Å². The minimum absolute atomic E-state index is 0.171. The summed E-state index contributed by atoms with van der Waals surface area (Å²) in [4.78, 5) is 11.2. The summed E-state index contributed by atoms with van der Waals surface area (Å²) in [6, 6.07) is 1.77. The molecule has 0 aliphatic heterocycles. The largest absolute Gasteiger partial charge is 0.459 e. The van der Waals surface area contributed by atoms with E-state index in [0.29, 0.717) is 0 Å². The normalized spacial score (nSPS) is 11.3. The smallest absolute Gasteiger partial charge is 0.328 e. The highest BCUT2D eigenvalue weighted by atomic mass is 16.6. The molecule has 0 aliphatic carbocycles. The van der Waals surface area contributed by atoms with E-state index in [1.807, 2.05) is 20.8 Å². The van der Waals surface area contributed by atoms with Gasteiger partial charge in [-0.3, -0.25) is 9.48 Å². The average Bonchev–Trinajstić information content (AvgIpc) is 2.34. The van der Waals surface area contributed by atoms with Gasteiger partial charge >= 0.3 is 5.97 Å². The molecule has 0 amide bonds. The van der Waals surface area contributed by atoms with Crippen molar-refractivity contribution in [3.8, 4) is 0 Å². The number of ether oxygens (including phenoxy) is 1. The van der Waals surface area contributed by atoms with Crippen LogP contribution in [0.3, 0.4) is 0 Å². The monoisotopic (exact) mass is 182 g/mol. The third kappa shape index (κ3) is 3.73. The van der Waals surface area contributed by atoms with Gasteiger partial charge in [0, 0.05) is 12.4 Å². The van der Waals surface area contributed by atoms with Gasteiger partial charge in [-0.05, 0) is 26.8 Å². The molecule has 0 saturated carbocycles. The van der Waals surface area contributed by atoms with Gasteiger partial charge in [0.1, 0.15) is 12.1 Å². The third-order valence-corrected chi connectivity index (χ3v) is 1.27. The lowest BCUT2D eigenvalue weighted by atomic mass is 10.2. The minimum Gasteiger partial charge on any atom is -0.459 e. The number of hydrogen-bond acceptors (Lipinski definition) is 3. The lowest BCUT2D eigenvalue weighted by molar-refractivity contribution is -0.155. The summed E-state index contributed by atoms with van der Waals surface area (Å²) in [5.74, 6) is -0.267. The van der Waals surface area contributed by atoms with E-state index in [0.717, 1.165) is 0 Å². The Morgan fingerprint density at radius 3 is 2.69 bits per heavy atom. The van der Waals surface area contributed by atoms with E-state index < -0.39 is 5.60 Å². The van der Waals surface area contributed by atoms with Crippen molar-refractivity contribution in [2.45, 2.75) is 32.9 Å². The Morgan fingerprint density at radius 1 is 1.54 bits per heavy atom. The average molecular weight is 182 g/mol. The zero-order valence-corrected chi connectivity index (χ0v) is 8.15. The zero-order chi connectivity index (χ0) is 9.90. The standard InChI is InChI=1S/C9H14N2O2/c1-9(2,3)13-8(12)7-11-6-4-5-10-11/h4-6H,7H2,1-3H3. The summed E-state index contributed by atoms with van der Waals surface area (Å²) >= 11 is 0. The molecule has 0 spiro atoms. The van der Waals surface area contributed by atoms with Crippen LogP contribution in [0.1, 0.15) is 20.8 Å². The van der Waals surface area contributed by atoms with Crippen molar-refractivity contribution >= 4 is 5.97 Å². The summed E-state index contributed by atoms with van der Waals surface area (Å²) in [5, 5.41) is 3.90. The molecule has 4 heteroatoms. The van der Waals surface area contributed by atoms with Gasteiger partial charge in [0.15, 0.2) is 0 Å². The van der Waals surface area contributed by atoms with Crippen molar-refractivity contribution in [1.82, 2.24) is 9.78 Å². The Balaban J connectivity index is 2.43. The molecular formula is C9H14N2O2. The van der Waals surface area contributed by atoms with E-state index in [4.69, 9.17) is 4.74 Å². The summed E-state index contributed by atoms with van der Waals surface area (Å²) in [7, 11) is 0. The van der Waals surface area contributed by atoms with Gasteiger partial charge in [-0.1, -0.05) is 0 Å². The van der Waals surface area contributed by atoms with Crippen molar-refractivity contribution in [3.63, 3.8) is 0 Å². The van der Waals surface area contributed by atoms with E-state index in [1.165, 1.54) is 4.68 Å². The van der Waals surface area contributed by atoms with Crippen LogP contribution in [0, 0.1) is 0 Å². The molecule has 1 aromatic heterocycles. The molecule has 4 nitrogen and oxygen atoms in total. The molecule has 1 aromatic rings. The maximum Gasteiger partial charge on any atom is 0.328 e. The number of nitrogens with zero attached hydrogens (tertiary/aromatic N) is 2. The number of carbonyl (C=O) groups excluding carboxylic acids is 1. The lowest BCUT2D eigenvalue weighted by Gasteiger charge is -2.19. The Hall–Kier alpha value is -1.32. The Bertz CT molecular complexity index is 272. The molecule has 0 aromatic carbocycles. The molecule has 1 rings (SSSR count). The van der Waals surface area contributed by atoms with E-state index >= 15 is 0 Å². The van der Waals surface area contributed by atoms with Gasteiger partial charge in [-0.15, -0.1) is 0 Å². The SMILES string of the molecule is CC(C)(C)OC(=O)Cn1cccn1. The second kappa shape index (κ2) is 3.60. The number of esters is 1. The highest BCUT2D eigenvalue weighted by molar-refractivity contribution is 5.69. The van der Waals surface area contributed by atoms with Crippen molar-refractivity contribution < 1.29 is 9.53 Å². The fourth-order valence-electron chi connectivity index (χ4n) is 0.900. The molecule has 0 bridgehead atoms. The predicted molar refractivity (Wildman–Crippen MR) is 48.1 cm³/mol. The maximum atomic E-state index is 11.2. The third-order valence-electron chi connectivity index (χ3n) is 1.27. The van der Waals surface area contributed by atoms with Crippen LogP contribution in [0.2, 0.25) is 0 Å². The summed E-state index contributed by atoms with van der Waals surface area (Å²) in [6.45, 7) is 5.69. The second-order valence-electron chi connectivity index (χ2n) is 3.79. The summed E-state index contributed by atoms with van der Waals surface area (Å²) in [5.41, 5.74) is -0.426. The van der Waals surface area contributed by atoms with Gasteiger partial charge in [0.05, 0.1) is 0 Å². The van der Waals surface area contributed by atoms with E-state index in [-0.39, 0.29) is 12.5 Å². The second-order valence-corrected chi connectivity index (χ2v) is 3.79. The minimum atomic E-state index is -0.426. The first-order chi connectivity index (χ1) is 5.97. The van der Waals surface area contributed by atoms with Gasteiger partial charge in [-0.2, -0.15) is 5.10 Å². The van der Waals surface area contributed by atoms with Crippen molar-refractivity contribution in [3.05, 3.63) is 18.5 Å². The predicted octanol–water partition coefficient (Wildman–Crippen LogP) is 1.22. The molecule has 13 heavy (non-hydrogen) atoms. The maximum absolute atomic E-state index is 11.2. The van der Waals surface area contributed by atoms with Crippen LogP contribution in [0.25, 0.3) is 0 Å². The van der Waals surface area contributed by atoms with Crippen LogP contribution in [-0.4, -0.2) is 21.4 Å². The number of rotatable bonds is 2. The highest BCUT2D eigenvalue weighted by Gasteiger charge is 2.16. The fraction of sp³-hybridized carbons (Fsp3) is 0.556. The molecule has 1 heterocycles.